The highest BCUT2D eigenvalue weighted by Crippen LogP contribution is 2.36. The van der Waals surface area contributed by atoms with Gasteiger partial charge in [0.05, 0.1) is 26.3 Å². The van der Waals surface area contributed by atoms with Crippen molar-refractivity contribution in [1.82, 2.24) is 9.97 Å². The smallest absolute Gasteiger partial charge is 0.333 e. The Bertz CT molecular complexity index is 987. The minimum absolute atomic E-state index is 0.0426. The lowest BCUT2D eigenvalue weighted by molar-refractivity contribution is -0.383. The predicted molar refractivity (Wildman–Crippen MR) is 98.1 cm³/mol. The molecule has 0 bridgehead atoms. The van der Waals surface area contributed by atoms with Gasteiger partial charge in [0, 0.05) is 0 Å². The largest absolute Gasteiger partial charge is 0.353 e. The maximum atomic E-state index is 13.8. The minimum atomic E-state index is -0.677. The Kier molecular flexibility index (Phi) is 5.15. The van der Waals surface area contributed by atoms with Gasteiger partial charge in [-0.25, -0.2) is 14.4 Å². The fourth-order valence-electron chi connectivity index (χ4n) is 2.15. The molecule has 0 aliphatic heterocycles. The van der Waals surface area contributed by atoms with Crippen LogP contribution in [-0.4, -0.2) is 14.9 Å². The maximum Gasteiger partial charge on any atom is 0.353 e. The first kappa shape index (κ1) is 17.8. The zero-order valence-corrected chi connectivity index (χ0v) is 14.4. The van der Waals surface area contributed by atoms with Crippen LogP contribution in [-0.2, 0) is 0 Å². The van der Waals surface area contributed by atoms with Crippen molar-refractivity contribution in [2.45, 2.75) is 0 Å². The van der Waals surface area contributed by atoms with Crippen LogP contribution < -0.4 is 10.6 Å². The molecule has 0 amide bonds. The van der Waals surface area contributed by atoms with E-state index in [1.807, 2.05) is 0 Å². The molecule has 0 unspecified atom stereocenters. The number of halogens is 3. The number of benzene rings is 2. The van der Waals surface area contributed by atoms with E-state index in [0.29, 0.717) is 5.69 Å². The fourth-order valence-corrected chi connectivity index (χ4v) is 2.50. The molecule has 0 fully saturated rings. The van der Waals surface area contributed by atoms with Crippen molar-refractivity contribution >= 4 is 51.9 Å². The molecular formula is C16H10Cl2FN5O2. The molecule has 132 valence electrons. The summed E-state index contributed by atoms with van der Waals surface area (Å²) in [4.78, 5) is 18.6. The van der Waals surface area contributed by atoms with E-state index in [1.54, 1.807) is 24.3 Å². The van der Waals surface area contributed by atoms with Crippen LogP contribution in [0.3, 0.4) is 0 Å². The molecule has 2 N–H and O–H groups in total. The van der Waals surface area contributed by atoms with E-state index in [2.05, 4.69) is 20.6 Å². The lowest BCUT2D eigenvalue weighted by Gasteiger charge is -2.11. The van der Waals surface area contributed by atoms with Crippen LogP contribution in [0, 0.1) is 15.9 Å². The van der Waals surface area contributed by atoms with Gasteiger partial charge in [-0.3, -0.25) is 10.1 Å². The molecular weight excluding hydrogens is 384 g/mol. The van der Waals surface area contributed by atoms with Crippen LogP contribution in [0.4, 0.5) is 33.1 Å². The second-order valence-electron chi connectivity index (χ2n) is 5.01. The zero-order chi connectivity index (χ0) is 18.7. The van der Waals surface area contributed by atoms with Crippen LogP contribution in [0.15, 0.2) is 48.8 Å². The third kappa shape index (κ3) is 3.66. The zero-order valence-electron chi connectivity index (χ0n) is 12.9. The third-order valence-electron chi connectivity index (χ3n) is 3.34. The van der Waals surface area contributed by atoms with Crippen molar-refractivity contribution in [2.75, 3.05) is 10.6 Å². The summed E-state index contributed by atoms with van der Waals surface area (Å²) < 4.78 is 13.8. The lowest BCUT2D eigenvalue weighted by Crippen LogP contribution is -2.06. The van der Waals surface area contributed by atoms with Crippen molar-refractivity contribution in [3.8, 4) is 0 Å². The topological polar surface area (TPSA) is 93.0 Å². The summed E-state index contributed by atoms with van der Waals surface area (Å²) in [5.74, 6) is -0.864. The standard InChI is InChI=1S/C16H10Cl2FN5O2/c17-9-4-3-7-12(13(9)18)23-16-14(24(25)26)15(20-8-21-16)22-11-6-2-1-5-10(11)19/h1-8H,(H2,20,21,22,23). The Labute approximate surface area is 157 Å². The van der Waals surface area contributed by atoms with Gasteiger partial charge in [0.25, 0.3) is 0 Å². The molecule has 1 aromatic heterocycles. The number of anilines is 4. The third-order valence-corrected chi connectivity index (χ3v) is 4.16. The number of rotatable bonds is 5. The molecule has 0 radical (unpaired) electrons. The van der Waals surface area contributed by atoms with Gasteiger partial charge in [-0.2, -0.15) is 0 Å². The minimum Gasteiger partial charge on any atom is -0.333 e. The summed E-state index contributed by atoms with van der Waals surface area (Å²) in [6, 6.07) is 10.5. The highest BCUT2D eigenvalue weighted by Gasteiger charge is 2.24. The molecule has 26 heavy (non-hydrogen) atoms. The van der Waals surface area contributed by atoms with Gasteiger partial charge in [-0.1, -0.05) is 41.4 Å². The molecule has 2 aromatic carbocycles. The second kappa shape index (κ2) is 7.51. The van der Waals surface area contributed by atoms with Crippen molar-refractivity contribution < 1.29 is 9.31 Å². The first-order chi connectivity index (χ1) is 12.5. The summed E-state index contributed by atoms with van der Waals surface area (Å²) in [6.07, 6.45) is 1.11. The van der Waals surface area contributed by atoms with E-state index in [4.69, 9.17) is 23.2 Å². The monoisotopic (exact) mass is 393 g/mol. The molecule has 7 nitrogen and oxygen atoms in total. The number of aromatic nitrogens is 2. The summed E-state index contributed by atoms with van der Waals surface area (Å²) in [7, 11) is 0. The summed E-state index contributed by atoms with van der Waals surface area (Å²) in [5, 5.41) is 17.4. The van der Waals surface area contributed by atoms with Crippen LogP contribution in [0.1, 0.15) is 0 Å². The van der Waals surface area contributed by atoms with Gasteiger partial charge >= 0.3 is 5.69 Å². The maximum absolute atomic E-state index is 13.8. The average molecular weight is 394 g/mol. The average Bonchev–Trinajstić information content (AvgIpc) is 2.61. The van der Waals surface area contributed by atoms with E-state index in [1.165, 1.54) is 18.2 Å². The molecule has 0 spiro atoms. The number of para-hydroxylation sites is 1. The molecule has 3 aromatic rings. The number of nitro groups is 1. The van der Waals surface area contributed by atoms with Gasteiger partial charge in [0.1, 0.15) is 12.1 Å². The van der Waals surface area contributed by atoms with Gasteiger partial charge < -0.3 is 10.6 Å². The molecule has 3 rings (SSSR count). The highest BCUT2D eigenvalue weighted by molar-refractivity contribution is 6.43. The molecule has 10 heteroatoms. The number of hydrogen-bond acceptors (Lipinski definition) is 6. The molecule has 0 saturated carbocycles. The summed E-state index contributed by atoms with van der Waals surface area (Å²) >= 11 is 12.0. The van der Waals surface area contributed by atoms with Crippen LogP contribution in [0.5, 0.6) is 0 Å². The van der Waals surface area contributed by atoms with Crippen LogP contribution >= 0.6 is 23.2 Å². The number of hydrogen-bond donors (Lipinski definition) is 2. The SMILES string of the molecule is O=[N+]([O-])c1c(Nc2ccccc2F)ncnc1Nc1cccc(Cl)c1Cl. The lowest BCUT2D eigenvalue weighted by atomic mass is 10.3. The van der Waals surface area contributed by atoms with Crippen molar-refractivity contribution in [3.63, 3.8) is 0 Å². The number of nitrogens with zero attached hydrogens (tertiary/aromatic N) is 3. The predicted octanol–water partition coefficient (Wildman–Crippen LogP) is 5.32. The van der Waals surface area contributed by atoms with Crippen molar-refractivity contribution in [3.05, 3.63) is 74.8 Å². The van der Waals surface area contributed by atoms with Gasteiger partial charge in [-0.15, -0.1) is 0 Å². The van der Waals surface area contributed by atoms with Crippen molar-refractivity contribution in [2.24, 2.45) is 0 Å². The molecule has 0 aliphatic rings. The summed E-state index contributed by atoms with van der Waals surface area (Å²) in [6.45, 7) is 0. The van der Waals surface area contributed by atoms with Gasteiger partial charge in [0.2, 0.25) is 11.6 Å². The molecule has 0 atom stereocenters. The first-order valence-corrected chi connectivity index (χ1v) is 7.95. The Morgan fingerprint density at radius 1 is 0.962 bits per heavy atom. The van der Waals surface area contributed by atoms with Crippen LogP contribution in [0.2, 0.25) is 10.0 Å². The Morgan fingerprint density at radius 3 is 2.23 bits per heavy atom. The second-order valence-corrected chi connectivity index (χ2v) is 5.79. The van der Waals surface area contributed by atoms with E-state index >= 15 is 0 Å². The van der Waals surface area contributed by atoms with Gasteiger partial charge in [-0.05, 0) is 24.3 Å². The quantitative estimate of drug-likeness (QED) is 0.450. The first-order valence-electron chi connectivity index (χ1n) is 7.19. The van der Waals surface area contributed by atoms with E-state index in [0.717, 1.165) is 6.33 Å². The van der Waals surface area contributed by atoms with Crippen molar-refractivity contribution in [1.29, 1.82) is 0 Å². The van der Waals surface area contributed by atoms with Gasteiger partial charge in [0.15, 0.2) is 0 Å². The Morgan fingerprint density at radius 2 is 1.58 bits per heavy atom. The van der Waals surface area contributed by atoms with E-state index in [-0.39, 0.29) is 27.4 Å². The summed E-state index contributed by atoms with van der Waals surface area (Å²) in [5.41, 5.74) is -0.0920. The normalized spacial score (nSPS) is 10.4. The molecule has 0 aliphatic carbocycles. The molecule has 0 saturated heterocycles. The highest BCUT2D eigenvalue weighted by atomic mass is 35.5. The van der Waals surface area contributed by atoms with Crippen LogP contribution in [0.25, 0.3) is 0 Å². The van der Waals surface area contributed by atoms with E-state index < -0.39 is 16.4 Å². The van der Waals surface area contributed by atoms with E-state index in [9.17, 15) is 14.5 Å². The number of nitrogens with one attached hydrogen (secondary N) is 2. The fraction of sp³-hybridized carbons (Fsp3) is 0. The Balaban J connectivity index is 2.03. The Hall–Kier alpha value is -2.97. The molecule has 1 heterocycles.